The zero-order chi connectivity index (χ0) is 10.8. The Kier molecular flexibility index (Phi) is 2.93. The molecule has 0 aromatic heterocycles. The summed E-state index contributed by atoms with van der Waals surface area (Å²) in [5.41, 5.74) is 6.71. The number of rotatable bonds is 2. The second-order valence-electron chi connectivity index (χ2n) is 3.94. The van der Waals surface area contributed by atoms with Crippen LogP contribution in [-0.2, 0) is 4.84 Å². The predicted octanol–water partition coefficient (Wildman–Crippen LogP) is 2.28. The van der Waals surface area contributed by atoms with Gasteiger partial charge in [-0.25, -0.2) is 0 Å². The molecular formula is C12H17NO2. The molecule has 1 aliphatic rings. The van der Waals surface area contributed by atoms with Crippen LogP contribution in [0.5, 0.6) is 5.75 Å². The molecule has 0 saturated heterocycles. The van der Waals surface area contributed by atoms with Crippen LogP contribution in [0.2, 0.25) is 0 Å². The molecule has 1 aliphatic heterocycles. The van der Waals surface area contributed by atoms with Crippen LogP contribution in [0.4, 0.5) is 0 Å². The molecule has 3 heteroatoms. The van der Waals surface area contributed by atoms with Crippen LogP contribution in [-0.4, -0.2) is 13.7 Å². The Labute approximate surface area is 90.3 Å². The summed E-state index contributed by atoms with van der Waals surface area (Å²) in [6.45, 7) is 4.95. The van der Waals surface area contributed by atoms with Crippen molar-refractivity contribution < 1.29 is 9.57 Å². The fourth-order valence-electron chi connectivity index (χ4n) is 1.98. The average Bonchev–Trinajstić information content (AvgIpc) is 2.25. The van der Waals surface area contributed by atoms with Gasteiger partial charge in [0.25, 0.3) is 0 Å². The third-order valence-corrected chi connectivity index (χ3v) is 3.00. The molecule has 1 N–H and O–H groups in total. The van der Waals surface area contributed by atoms with E-state index in [1.807, 2.05) is 0 Å². The Balaban J connectivity index is 2.40. The summed E-state index contributed by atoms with van der Waals surface area (Å²) in [7, 11) is 1.65. The van der Waals surface area contributed by atoms with E-state index in [0.29, 0.717) is 0 Å². The van der Waals surface area contributed by atoms with Crippen molar-refractivity contribution in [2.75, 3.05) is 13.7 Å². The maximum atomic E-state index is 5.72. The largest absolute Gasteiger partial charge is 0.493 e. The lowest BCUT2D eigenvalue weighted by atomic mass is 9.96. The van der Waals surface area contributed by atoms with E-state index in [9.17, 15) is 0 Å². The lowest BCUT2D eigenvalue weighted by Gasteiger charge is -2.27. The molecule has 82 valence electrons. The summed E-state index contributed by atoms with van der Waals surface area (Å²) in [4.78, 5) is 5.00. The minimum Gasteiger partial charge on any atom is -0.493 e. The van der Waals surface area contributed by atoms with E-state index in [-0.39, 0.29) is 6.04 Å². The van der Waals surface area contributed by atoms with Crippen LogP contribution >= 0.6 is 0 Å². The maximum Gasteiger partial charge on any atom is 0.127 e. The number of hydroxylamine groups is 1. The molecule has 15 heavy (non-hydrogen) atoms. The Morgan fingerprint density at radius 2 is 2.20 bits per heavy atom. The summed E-state index contributed by atoms with van der Waals surface area (Å²) in [5, 5.41) is 0. The second-order valence-corrected chi connectivity index (χ2v) is 3.94. The van der Waals surface area contributed by atoms with Gasteiger partial charge in [0, 0.05) is 12.0 Å². The number of aryl methyl sites for hydroxylation is 1. The molecule has 0 saturated carbocycles. The summed E-state index contributed by atoms with van der Waals surface area (Å²) in [6, 6.07) is 4.50. The zero-order valence-electron chi connectivity index (χ0n) is 9.46. The number of hydrogen-bond donors (Lipinski definition) is 1. The first kappa shape index (κ1) is 10.5. The first-order valence-electron chi connectivity index (χ1n) is 5.25. The van der Waals surface area contributed by atoms with Gasteiger partial charge < -0.3 is 9.57 Å². The highest BCUT2D eigenvalue weighted by Crippen LogP contribution is 2.35. The van der Waals surface area contributed by atoms with Crippen LogP contribution in [0.15, 0.2) is 12.1 Å². The van der Waals surface area contributed by atoms with E-state index >= 15 is 0 Å². The third kappa shape index (κ3) is 1.85. The van der Waals surface area contributed by atoms with Crippen molar-refractivity contribution in [3.05, 3.63) is 28.8 Å². The van der Waals surface area contributed by atoms with E-state index in [4.69, 9.17) is 9.57 Å². The minimum atomic E-state index is 0.248. The molecule has 3 nitrogen and oxygen atoms in total. The molecule has 0 radical (unpaired) electrons. The van der Waals surface area contributed by atoms with E-state index in [0.717, 1.165) is 18.8 Å². The van der Waals surface area contributed by atoms with Crippen molar-refractivity contribution in [3.63, 3.8) is 0 Å². The topological polar surface area (TPSA) is 30.5 Å². The van der Waals surface area contributed by atoms with Gasteiger partial charge in [0.05, 0.1) is 19.8 Å². The van der Waals surface area contributed by atoms with Gasteiger partial charge in [0.2, 0.25) is 0 Å². The van der Waals surface area contributed by atoms with Gasteiger partial charge >= 0.3 is 0 Å². The molecule has 1 heterocycles. The van der Waals surface area contributed by atoms with Gasteiger partial charge in [-0.05, 0) is 25.0 Å². The minimum absolute atomic E-state index is 0.248. The summed E-state index contributed by atoms with van der Waals surface area (Å²) >= 11 is 0. The van der Waals surface area contributed by atoms with E-state index in [2.05, 4.69) is 31.5 Å². The molecule has 1 aromatic rings. The van der Waals surface area contributed by atoms with Crippen molar-refractivity contribution in [2.45, 2.75) is 26.3 Å². The van der Waals surface area contributed by atoms with Gasteiger partial charge in [-0.1, -0.05) is 12.1 Å². The highest BCUT2D eigenvalue weighted by Gasteiger charge is 2.23. The fraction of sp³-hybridized carbons (Fsp3) is 0.500. The smallest absolute Gasteiger partial charge is 0.127 e. The van der Waals surface area contributed by atoms with Gasteiger partial charge in [0.15, 0.2) is 0 Å². The van der Waals surface area contributed by atoms with Gasteiger partial charge in [-0.2, -0.15) is 5.48 Å². The standard InChI is InChI=1S/C12H17NO2/c1-8-4-5-10-11(13-14-3)6-7-15-12(10)9(8)2/h4-5,11,13H,6-7H2,1-3H3. The summed E-state index contributed by atoms with van der Waals surface area (Å²) in [6.07, 6.45) is 0.948. The maximum absolute atomic E-state index is 5.72. The molecule has 0 fully saturated rings. The molecule has 0 bridgehead atoms. The SMILES string of the molecule is CONC1CCOc2c1ccc(C)c2C. The number of fused-ring (bicyclic) bond motifs is 1. The monoisotopic (exact) mass is 207 g/mol. The van der Waals surface area contributed by atoms with Crippen LogP contribution < -0.4 is 10.2 Å². The summed E-state index contributed by atoms with van der Waals surface area (Å²) in [5.74, 6) is 1.02. The number of ether oxygens (including phenoxy) is 1. The Bertz CT molecular complexity index is 363. The lowest BCUT2D eigenvalue weighted by molar-refractivity contribution is 0.0461. The molecule has 1 atom stereocenters. The normalized spacial score (nSPS) is 19.5. The Morgan fingerprint density at radius 3 is 2.93 bits per heavy atom. The van der Waals surface area contributed by atoms with E-state index in [1.54, 1.807) is 7.11 Å². The van der Waals surface area contributed by atoms with Crippen molar-refractivity contribution in [1.29, 1.82) is 0 Å². The van der Waals surface area contributed by atoms with Crippen LogP contribution in [0.3, 0.4) is 0 Å². The molecule has 2 rings (SSSR count). The van der Waals surface area contributed by atoms with E-state index < -0.39 is 0 Å². The zero-order valence-corrected chi connectivity index (χ0v) is 9.46. The van der Waals surface area contributed by atoms with Crippen LogP contribution in [0, 0.1) is 13.8 Å². The van der Waals surface area contributed by atoms with Gasteiger partial charge in [-0.15, -0.1) is 0 Å². The van der Waals surface area contributed by atoms with Gasteiger partial charge in [-0.3, -0.25) is 0 Å². The van der Waals surface area contributed by atoms with Crippen molar-refractivity contribution in [2.24, 2.45) is 0 Å². The van der Waals surface area contributed by atoms with Crippen molar-refractivity contribution >= 4 is 0 Å². The predicted molar refractivity (Wildman–Crippen MR) is 58.9 cm³/mol. The molecule has 1 unspecified atom stereocenters. The fourth-order valence-corrected chi connectivity index (χ4v) is 1.98. The number of hydrogen-bond acceptors (Lipinski definition) is 3. The molecule has 0 amide bonds. The Morgan fingerprint density at radius 1 is 1.40 bits per heavy atom. The number of benzene rings is 1. The van der Waals surface area contributed by atoms with Crippen LogP contribution in [0.25, 0.3) is 0 Å². The second kappa shape index (κ2) is 4.21. The van der Waals surface area contributed by atoms with Crippen molar-refractivity contribution in [1.82, 2.24) is 5.48 Å². The molecule has 1 aromatic carbocycles. The first-order valence-corrected chi connectivity index (χ1v) is 5.25. The molecular weight excluding hydrogens is 190 g/mol. The van der Waals surface area contributed by atoms with Crippen molar-refractivity contribution in [3.8, 4) is 5.75 Å². The highest BCUT2D eigenvalue weighted by atomic mass is 16.6. The van der Waals surface area contributed by atoms with Gasteiger partial charge in [0.1, 0.15) is 5.75 Å². The quantitative estimate of drug-likeness (QED) is 0.755. The van der Waals surface area contributed by atoms with E-state index in [1.165, 1.54) is 16.7 Å². The number of nitrogens with one attached hydrogen (secondary N) is 1. The lowest BCUT2D eigenvalue weighted by Crippen LogP contribution is -2.26. The third-order valence-electron chi connectivity index (χ3n) is 3.00. The first-order chi connectivity index (χ1) is 7.24. The highest BCUT2D eigenvalue weighted by molar-refractivity contribution is 5.47. The van der Waals surface area contributed by atoms with Crippen LogP contribution in [0.1, 0.15) is 29.2 Å². The Hall–Kier alpha value is -1.06. The summed E-state index contributed by atoms with van der Waals surface area (Å²) < 4.78 is 5.72. The average molecular weight is 207 g/mol. The molecule has 0 aliphatic carbocycles. The molecule has 0 spiro atoms.